The number of esters is 1. The molecule has 11 heteroatoms. The van der Waals surface area contributed by atoms with Crippen molar-refractivity contribution in [2.45, 2.75) is 17.9 Å². The molecule has 1 fully saturated rings. The van der Waals surface area contributed by atoms with E-state index in [1.165, 1.54) is 23.4 Å². The van der Waals surface area contributed by atoms with Crippen LogP contribution in [0.2, 0.25) is 0 Å². The van der Waals surface area contributed by atoms with E-state index in [4.69, 9.17) is 9.47 Å². The van der Waals surface area contributed by atoms with Gasteiger partial charge in [-0.25, -0.2) is 17.9 Å². The number of ether oxygens (including phenoxy) is 2. The summed E-state index contributed by atoms with van der Waals surface area (Å²) in [6.07, 6.45) is 2.33. The Bertz CT molecular complexity index is 1250. The summed E-state index contributed by atoms with van der Waals surface area (Å²) >= 11 is 0. The minimum Gasteiger partial charge on any atom is -0.449 e. The molecule has 2 aromatic carbocycles. The summed E-state index contributed by atoms with van der Waals surface area (Å²) < 4.78 is 39.2. The van der Waals surface area contributed by atoms with Crippen LogP contribution in [0.15, 0.2) is 71.9 Å². The van der Waals surface area contributed by atoms with Crippen LogP contribution < -0.4 is 5.32 Å². The van der Waals surface area contributed by atoms with Crippen LogP contribution in [0.1, 0.15) is 17.3 Å². The van der Waals surface area contributed by atoms with Crippen LogP contribution in [0.4, 0.5) is 5.69 Å². The van der Waals surface area contributed by atoms with Crippen molar-refractivity contribution < 1.29 is 27.5 Å². The van der Waals surface area contributed by atoms with Crippen molar-refractivity contribution in [1.82, 2.24) is 14.1 Å². The van der Waals surface area contributed by atoms with E-state index in [2.05, 4.69) is 10.4 Å². The van der Waals surface area contributed by atoms with Gasteiger partial charge in [-0.3, -0.25) is 4.79 Å². The van der Waals surface area contributed by atoms with E-state index in [1.807, 2.05) is 0 Å². The number of nitrogens with zero attached hydrogens (tertiary/aromatic N) is 3. The second-order valence-electron chi connectivity index (χ2n) is 7.58. The average molecular weight is 485 g/mol. The lowest BCUT2D eigenvalue weighted by atomic mass is 10.2. The highest BCUT2D eigenvalue weighted by atomic mass is 32.2. The number of benzene rings is 2. The smallest absolute Gasteiger partial charge is 0.338 e. The van der Waals surface area contributed by atoms with Crippen molar-refractivity contribution in [3.63, 3.8) is 0 Å². The van der Waals surface area contributed by atoms with Crippen LogP contribution in [0.5, 0.6) is 0 Å². The molecule has 0 saturated carbocycles. The molecule has 1 amide bonds. The Kier molecular flexibility index (Phi) is 7.06. The van der Waals surface area contributed by atoms with Gasteiger partial charge < -0.3 is 14.8 Å². The molecule has 1 unspecified atom stereocenters. The fourth-order valence-electron chi connectivity index (χ4n) is 3.37. The lowest BCUT2D eigenvalue weighted by molar-refractivity contribution is -0.123. The first-order valence-corrected chi connectivity index (χ1v) is 12.1. The fourth-order valence-corrected chi connectivity index (χ4v) is 4.82. The number of nitrogens with one attached hydrogen (secondary N) is 1. The maximum absolute atomic E-state index is 12.8. The molecule has 1 aliphatic heterocycles. The first-order chi connectivity index (χ1) is 16.3. The molecule has 2 heterocycles. The molecule has 0 aliphatic carbocycles. The molecule has 4 rings (SSSR count). The zero-order valence-electron chi connectivity index (χ0n) is 18.5. The van der Waals surface area contributed by atoms with E-state index in [9.17, 15) is 18.0 Å². The molecule has 0 spiro atoms. The van der Waals surface area contributed by atoms with Crippen LogP contribution in [0, 0.1) is 0 Å². The van der Waals surface area contributed by atoms with Gasteiger partial charge in [0, 0.05) is 31.2 Å². The molecule has 178 valence electrons. The third-order valence-electron chi connectivity index (χ3n) is 5.23. The second-order valence-corrected chi connectivity index (χ2v) is 9.52. The molecule has 0 radical (unpaired) electrons. The molecule has 1 aromatic heterocycles. The molecule has 1 aliphatic rings. The van der Waals surface area contributed by atoms with E-state index < -0.39 is 28.0 Å². The van der Waals surface area contributed by atoms with Gasteiger partial charge in [-0.1, -0.05) is 6.07 Å². The first-order valence-electron chi connectivity index (χ1n) is 10.6. The van der Waals surface area contributed by atoms with E-state index >= 15 is 0 Å². The second kappa shape index (κ2) is 10.2. The summed E-state index contributed by atoms with van der Waals surface area (Å²) in [5, 5.41) is 6.73. The predicted molar refractivity (Wildman–Crippen MR) is 123 cm³/mol. The van der Waals surface area contributed by atoms with Crippen molar-refractivity contribution in [3.8, 4) is 5.69 Å². The minimum absolute atomic E-state index is 0.0640. The van der Waals surface area contributed by atoms with E-state index in [0.29, 0.717) is 13.2 Å². The molecule has 3 aromatic rings. The highest BCUT2D eigenvalue weighted by Gasteiger charge is 2.27. The van der Waals surface area contributed by atoms with Gasteiger partial charge in [0.2, 0.25) is 10.0 Å². The Morgan fingerprint density at radius 1 is 1.09 bits per heavy atom. The van der Waals surface area contributed by atoms with Gasteiger partial charge in [-0.15, -0.1) is 0 Å². The number of anilines is 1. The first kappa shape index (κ1) is 23.6. The van der Waals surface area contributed by atoms with Crippen LogP contribution >= 0.6 is 0 Å². The zero-order chi connectivity index (χ0) is 24.1. The monoisotopic (exact) mass is 484 g/mol. The molecule has 1 atom stereocenters. The van der Waals surface area contributed by atoms with Crippen molar-refractivity contribution in [2.75, 3.05) is 31.6 Å². The zero-order valence-corrected chi connectivity index (χ0v) is 19.3. The Morgan fingerprint density at radius 3 is 2.50 bits per heavy atom. The Morgan fingerprint density at radius 2 is 1.82 bits per heavy atom. The molecular formula is C23H24N4O6S. The van der Waals surface area contributed by atoms with E-state index in [1.54, 1.807) is 59.5 Å². The third kappa shape index (κ3) is 5.33. The molecule has 34 heavy (non-hydrogen) atoms. The molecule has 10 nitrogen and oxygen atoms in total. The average Bonchev–Trinajstić information content (AvgIpc) is 3.40. The lowest BCUT2D eigenvalue weighted by Crippen LogP contribution is -2.40. The fraction of sp³-hybridized carbons (Fsp3) is 0.261. The predicted octanol–water partition coefficient (Wildman–Crippen LogP) is 2.08. The standard InChI is InChI=1S/C23H24N4O6S/c1-17(33-23(29)18-6-8-20(9-7-18)27-11-3-10-24-27)22(28)25-19-4-2-5-21(16-19)34(30,31)26-12-14-32-15-13-26/h2-11,16-17H,12-15H2,1H3,(H,25,28). The number of aromatic nitrogens is 2. The number of carbonyl (C=O) groups excluding carboxylic acids is 2. The molecular weight excluding hydrogens is 460 g/mol. The number of rotatable bonds is 7. The van der Waals surface area contributed by atoms with Crippen molar-refractivity contribution in [1.29, 1.82) is 0 Å². The normalized spacial score (nSPS) is 15.4. The van der Waals surface area contributed by atoms with E-state index in [-0.39, 0.29) is 29.2 Å². The quantitative estimate of drug-likeness (QED) is 0.510. The molecule has 1 N–H and O–H groups in total. The van der Waals surface area contributed by atoms with Crippen LogP contribution in [0.3, 0.4) is 0 Å². The lowest BCUT2D eigenvalue weighted by Gasteiger charge is -2.26. The summed E-state index contributed by atoms with van der Waals surface area (Å²) in [5.74, 6) is -1.24. The summed E-state index contributed by atoms with van der Waals surface area (Å²) in [6, 6.07) is 14.4. The Hall–Kier alpha value is -3.54. The summed E-state index contributed by atoms with van der Waals surface area (Å²) in [5.41, 5.74) is 1.35. The van der Waals surface area contributed by atoms with E-state index in [0.717, 1.165) is 5.69 Å². The van der Waals surface area contributed by atoms with Crippen molar-refractivity contribution >= 4 is 27.6 Å². The molecule has 0 bridgehead atoms. The number of hydrogen-bond acceptors (Lipinski definition) is 7. The maximum Gasteiger partial charge on any atom is 0.338 e. The number of carbonyl (C=O) groups is 2. The number of sulfonamides is 1. The number of morpholine rings is 1. The number of amides is 1. The van der Waals surface area contributed by atoms with Gasteiger partial charge in [0.1, 0.15) is 0 Å². The van der Waals surface area contributed by atoms with Gasteiger partial charge in [-0.05, 0) is 55.5 Å². The van der Waals surface area contributed by atoms with Crippen LogP contribution in [-0.4, -0.2) is 66.8 Å². The Labute approximate surface area is 197 Å². The highest BCUT2D eigenvalue weighted by Crippen LogP contribution is 2.21. The van der Waals surface area contributed by atoms with Crippen molar-refractivity contribution in [3.05, 3.63) is 72.6 Å². The SMILES string of the molecule is CC(OC(=O)c1ccc(-n2cccn2)cc1)C(=O)Nc1cccc(S(=O)(=O)N2CCOCC2)c1. The highest BCUT2D eigenvalue weighted by molar-refractivity contribution is 7.89. The summed E-state index contributed by atoms with van der Waals surface area (Å²) in [6.45, 7) is 2.67. The van der Waals surface area contributed by atoms with Gasteiger partial charge in [-0.2, -0.15) is 9.40 Å². The maximum atomic E-state index is 12.8. The summed E-state index contributed by atoms with van der Waals surface area (Å²) in [4.78, 5) is 25.1. The van der Waals surface area contributed by atoms with Crippen molar-refractivity contribution in [2.24, 2.45) is 0 Å². The summed E-state index contributed by atoms with van der Waals surface area (Å²) in [7, 11) is -3.71. The largest absolute Gasteiger partial charge is 0.449 e. The minimum atomic E-state index is -3.71. The van der Waals surface area contributed by atoms with Crippen LogP contribution in [-0.2, 0) is 24.3 Å². The van der Waals surface area contributed by atoms with Gasteiger partial charge in [0.15, 0.2) is 6.10 Å². The van der Waals surface area contributed by atoms with Gasteiger partial charge in [0.25, 0.3) is 5.91 Å². The topological polar surface area (TPSA) is 120 Å². The Balaban J connectivity index is 1.38. The van der Waals surface area contributed by atoms with Crippen LogP contribution in [0.25, 0.3) is 5.69 Å². The number of hydrogen-bond donors (Lipinski definition) is 1. The van der Waals surface area contributed by atoms with Gasteiger partial charge in [0.05, 0.1) is 29.4 Å². The third-order valence-corrected chi connectivity index (χ3v) is 7.13. The molecule has 1 saturated heterocycles. The van der Waals surface area contributed by atoms with Gasteiger partial charge >= 0.3 is 5.97 Å².